The van der Waals surface area contributed by atoms with Crippen LogP contribution in [0.5, 0.6) is 0 Å². The molecule has 0 spiro atoms. The van der Waals surface area contributed by atoms with Crippen LogP contribution < -0.4 is 5.32 Å². The van der Waals surface area contributed by atoms with Crippen molar-refractivity contribution in [2.75, 3.05) is 26.2 Å². The molecule has 1 aliphatic heterocycles. The SMILES string of the molecule is CC(=O)NC1CCCN(CC(O)COCc2ccccc2F)C1. The number of ether oxygens (including phenoxy) is 1. The Morgan fingerprint density at radius 2 is 2.30 bits per heavy atom. The number of rotatable bonds is 7. The molecule has 6 heteroatoms. The first-order valence-corrected chi connectivity index (χ1v) is 8.03. The molecule has 2 atom stereocenters. The van der Waals surface area contributed by atoms with E-state index in [1.807, 2.05) is 0 Å². The van der Waals surface area contributed by atoms with Gasteiger partial charge in [0.1, 0.15) is 5.82 Å². The largest absolute Gasteiger partial charge is 0.389 e. The molecule has 0 saturated carbocycles. The summed E-state index contributed by atoms with van der Waals surface area (Å²) < 4.78 is 18.9. The van der Waals surface area contributed by atoms with Gasteiger partial charge >= 0.3 is 0 Å². The Kier molecular flexibility index (Phi) is 6.95. The highest BCUT2D eigenvalue weighted by molar-refractivity contribution is 5.73. The molecule has 2 N–H and O–H groups in total. The Labute approximate surface area is 136 Å². The number of halogens is 1. The number of β-amino-alcohol motifs (C(OH)–C–C–N with tert-alkyl or cyclic N) is 1. The summed E-state index contributed by atoms with van der Waals surface area (Å²) in [5.74, 6) is -0.318. The fourth-order valence-corrected chi connectivity index (χ4v) is 2.90. The van der Waals surface area contributed by atoms with Crippen LogP contribution in [0.15, 0.2) is 24.3 Å². The topological polar surface area (TPSA) is 61.8 Å². The van der Waals surface area contributed by atoms with Crippen LogP contribution in [-0.2, 0) is 16.1 Å². The molecule has 23 heavy (non-hydrogen) atoms. The molecule has 1 aromatic rings. The predicted octanol–water partition coefficient (Wildman–Crippen LogP) is 1.30. The van der Waals surface area contributed by atoms with Crippen LogP contribution in [-0.4, -0.2) is 54.3 Å². The number of hydrogen-bond donors (Lipinski definition) is 2. The summed E-state index contributed by atoms with van der Waals surface area (Å²) in [5, 5.41) is 13.0. The molecule has 1 fully saturated rings. The summed E-state index contributed by atoms with van der Waals surface area (Å²) >= 11 is 0. The Bertz CT molecular complexity index is 512. The molecule has 1 aliphatic rings. The van der Waals surface area contributed by atoms with Gasteiger partial charge in [-0.25, -0.2) is 4.39 Å². The van der Waals surface area contributed by atoms with E-state index in [-0.39, 0.29) is 31.0 Å². The number of hydrogen-bond acceptors (Lipinski definition) is 4. The van der Waals surface area contributed by atoms with Gasteiger partial charge in [-0.2, -0.15) is 0 Å². The molecule has 1 saturated heterocycles. The number of likely N-dealkylation sites (tertiary alicyclic amines) is 1. The van der Waals surface area contributed by atoms with Crippen molar-refractivity contribution >= 4 is 5.91 Å². The van der Waals surface area contributed by atoms with Gasteiger partial charge in [0.2, 0.25) is 5.91 Å². The van der Waals surface area contributed by atoms with Gasteiger partial charge in [0.25, 0.3) is 0 Å². The summed E-state index contributed by atoms with van der Waals surface area (Å²) in [6.45, 7) is 3.97. The van der Waals surface area contributed by atoms with Crippen LogP contribution in [0.3, 0.4) is 0 Å². The average molecular weight is 324 g/mol. The molecule has 2 unspecified atom stereocenters. The van der Waals surface area contributed by atoms with E-state index in [2.05, 4.69) is 10.2 Å². The Morgan fingerprint density at radius 1 is 1.52 bits per heavy atom. The highest BCUT2D eigenvalue weighted by Crippen LogP contribution is 2.11. The van der Waals surface area contributed by atoms with Crippen LogP contribution in [0.4, 0.5) is 4.39 Å². The summed E-state index contributed by atoms with van der Waals surface area (Å²) in [4.78, 5) is 13.2. The van der Waals surface area contributed by atoms with Gasteiger partial charge in [-0.3, -0.25) is 9.69 Å². The summed E-state index contributed by atoms with van der Waals surface area (Å²) in [7, 11) is 0. The standard InChI is InChI=1S/C17H25FN2O3/c1-13(21)19-15-6-4-8-20(9-15)10-16(22)12-23-11-14-5-2-3-7-17(14)18/h2-3,5,7,15-16,22H,4,6,8-12H2,1H3,(H,19,21). The third kappa shape index (κ3) is 6.25. The van der Waals surface area contributed by atoms with Gasteiger partial charge in [-0.05, 0) is 25.5 Å². The quantitative estimate of drug-likeness (QED) is 0.794. The second-order valence-electron chi connectivity index (χ2n) is 6.06. The molecular formula is C17H25FN2O3. The molecule has 0 radical (unpaired) electrons. The monoisotopic (exact) mass is 324 g/mol. The van der Waals surface area contributed by atoms with Crippen molar-refractivity contribution in [2.45, 2.75) is 38.5 Å². The van der Waals surface area contributed by atoms with Crippen molar-refractivity contribution in [2.24, 2.45) is 0 Å². The Hall–Kier alpha value is -1.50. The van der Waals surface area contributed by atoms with E-state index in [9.17, 15) is 14.3 Å². The number of amides is 1. The second-order valence-corrected chi connectivity index (χ2v) is 6.06. The lowest BCUT2D eigenvalue weighted by Gasteiger charge is -2.34. The Balaban J connectivity index is 1.69. The minimum atomic E-state index is -0.627. The van der Waals surface area contributed by atoms with E-state index in [1.165, 1.54) is 13.0 Å². The summed E-state index contributed by atoms with van der Waals surface area (Å²) in [5.41, 5.74) is 0.489. The number of benzene rings is 1. The van der Waals surface area contributed by atoms with E-state index >= 15 is 0 Å². The smallest absolute Gasteiger partial charge is 0.217 e. The van der Waals surface area contributed by atoms with Crippen LogP contribution in [0.2, 0.25) is 0 Å². The molecule has 0 aliphatic carbocycles. The maximum atomic E-state index is 13.4. The van der Waals surface area contributed by atoms with Gasteiger partial charge in [0.05, 0.1) is 19.3 Å². The third-order valence-corrected chi connectivity index (χ3v) is 3.91. The first-order valence-electron chi connectivity index (χ1n) is 8.03. The zero-order valence-corrected chi connectivity index (χ0v) is 13.5. The van der Waals surface area contributed by atoms with Crippen LogP contribution in [0, 0.1) is 5.82 Å². The summed E-state index contributed by atoms with van der Waals surface area (Å²) in [6.07, 6.45) is 1.34. The first-order chi connectivity index (χ1) is 11.0. The van der Waals surface area contributed by atoms with Gasteiger partial charge in [0, 0.05) is 31.6 Å². The molecule has 0 bridgehead atoms. The fraction of sp³-hybridized carbons (Fsp3) is 0.588. The number of aliphatic hydroxyl groups is 1. The third-order valence-electron chi connectivity index (χ3n) is 3.91. The van der Waals surface area contributed by atoms with E-state index in [1.54, 1.807) is 18.2 Å². The molecule has 0 aromatic heterocycles. The van der Waals surface area contributed by atoms with Crippen LogP contribution in [0.25, 0.3) is 0 Å². The number of carbonyl (C=O) groups excluding carboxylic acids is 1. The molecule has 2 rings (SSSR count). The number of piperidine rings is 1. The number of aliphatic hydroxyl groups excluding tert-OH is 1. The number of nitrogens with zero attached hydrogens (tertiary/aromatic N) is 1. The van der Waals surface area contributed by atoms with Crippen LogP contribution >= 0.6 is 0 Å². The zero-order valence-electron chi connectivity index (χ0n) is 13.5. The van der Waals surface area contributed by atoms with E-state index in [0.29, 0.717) is 12.1 Å². The molecule has 128 valence electrons. The molecular weight excluding hydrogens is 299 g/mol. The van der Waals surface area contributed by atoms with Gasteiger partial charge < -0.3 is 15.2 Å². The minimum absolute atomic E-state index is 0.0226. The molecule has 1 heterocycles. The van der Waals surface area contributed by atoms with E-state index < -0.39 is 6.10 Å². The lowest BCUT2D eigenvalue weighted by molar-refractivity contribution is -0.120. The van der Waals surface area contributed by atoms with E-state index in [4.69, 9.17) is 4.74 Å². The lowest BCUT2D eigenvalue weighted by Crippen LogP contribution is -2.49. The number of nitrogens with one attached hydrogen (secondary N) is 1. The maximum Gasteiger partial charge on any atom is 0.217 e. The van der Waals surface area contributed by atoms with Gasteiger partial charge in [-0.15, -0.1) is 0 Å². The Morgan fingerprint density at radius 3 is 3.04 bits per heavy atom. The van der Waals surface area contributed by atoms with Crippen LogP contribution in [0.1, 0.15) is 25.3 Å². The highest BCUT2D eigenvalue weighted by Gasteiger charge is 2.22. The first kappa shape index (κ1) is 17.8. The second kappa shape index (κ2) is 8.96. The van der Waals surface area contributed by atoms with Crippen molar-refractivity contribution in [1.29, 1.82) is 0 Å². The zero-order chi connectivity index (χ0) is 16.7. The van der Waals surface area contributed by atoms with Crippen molar-refractivity contribution in [3.8, 4) is 0 Å². The molecule has 5 nitrogen and oxygen atoms in total. The van der Waals surface area contributed by atoms with Crippen molar-refractivity contribution in [3.63, 3.8) is 0 Å². The van der Waals surface area contributed by atoms with Crippen molar-refractivity contribution in [3.05, 3.63) is 35.6 Å². The molecule has 1 amide bonds. The number of carbonyl (C=O) groups is 1. The average Bonchev–Trinajstić information content (AvgIpc) is 2.49. The summed E-state index contributed by atoms with van der Waals surface area (Å²) in [6, 6.07) is 6.60. The lowest BCUT2D eigenvalue weighted by atomic mass is 10.1. The van der Waals surface area contributed by atoms with Crippen molar-refractivity contribution < 1.29 is 19.0 Å². The predicted molar refractivity (Wildman–Crippen MR) is 85.3 cm³/mol. The fourth-order valence-electron chi connectivity index (χ4n) is 2.90. The normalized spacial score (nSPS) is 20.2. The highest BCUT2D eigenvalue weighted by atomic mass is 19.1. The minimum Gasteiger partial charge on any atom is -0.389 e. The van der Waals surface area contributed by atoms with Crippen molar-refractivity contribution in [1.82, 2.24) is 10.2 Å². The van der Waals surface area contributed by atoms with Gasteiger partial charge in [0.15, 0.2) is 0 Å². The maximum absolute atomic E-state index is 13.4. The van der Waals surface area contributed by atoms with E-state index in [0.717, 1.165) is 25.9 Å². The van der Waals surface area contributed by atoms with Gasteiger partial charge in [-0.1, -0.05) is 18.2 Å². The molecule has 1 aromatic carbocycles.